The van der Waals surface area contributed by atoms with E-state index in [0.717, 1.165) is 30.8 Å². The first-order valence-corrected chi connectivity index (χ1v) is 5.70. The number of hydrogen-bond donors (Lipinski definition) is 0. The number of anilines is 1. The van der Waals surface area contributed by atoms with Gasteiger partial charge in [-0.1, -0.05) is 21.1 Å². The fourth-order valence-electron chi connectivity index (χ4n) is 1.59. The average Bonchev–Trinajstić information content (AvgIpc) is 2.65. The lowest BCUT2D eigenvalue weighted by molar-refractivity contribution is 0.0565. The largest absolute Gasteiger partial charge is 0.374 e. The molecule has 0 N–H and O–H groups in total. The smallest absolute Gasteiger partial charge is 0.147 e. The third-order valence-corrected chi connectivity index (χ3v) is 3.05. The predicted octanol–water partition coefficient (Wildman–Crippen LogP) is 0.415. The lowest BCUT2D eigenvalue weighted by atomic mass is 10.3. The van der Waals surface area contributed by atoms with Crippen LogP contribution < -0.4 is 4.90 Å². The zero-order valence-electron chi connectivity index (χ0n) is 8.06. The number of morpholine rings is 1. The van der Waals surface area contributed by atoms with Crippen LogP contribution in [0.3, 0.4) is 0 Å². The second kappa shape index (κ2) is 4.27. The zero-order chi connectivity index (χ0) is 9.97. The Kier molecular flexibility index (Phi) is 3.02. The SMILES string of the molecule is Cn1nncc1N1CCOC(CBr)C1. The number of hydrogen-bond acceptors (Lipinski definition) is 4. The maximum atomic E-state index is 5.56. The maximum absolute atomic E-state index is 5.56. The molecular formula is C8H13BrN4O. The van der Waals surface area contributed by atoms with Gasteiger partial charge in [0.1, 0.15) is 5.82 Å². The highest BCUT2D eigenvalue weighted by Gasteiger charge is 2.21. The summed E-state index contributed by atoms with van der Waals surface area (Å²) < 4.78 is 7.34. The first-order chi connectivity index (χ1) is 6.81. The van der Waals surface area contributed by atoms with Gasteiger partial charge in [-0.15, -0.1) is 5.10 Å². The van der Waals surface area contributed by atoms with E-state index in [2.05, 4.69) is 31.1 Å². The number of alkyl halides is 1. The van der Waals surface area contributed by atoms with Crippen molar-refractivity contribution in [2.75, 3.05) is 29.9 Å². The van der Waals surface area contributed by atoms with Gasteiger partial charge >= 0.3 is 0 Å². The molecule has 1 aromatic rings. The molecule has 1 atom stereocenters. The molecule has 5 nitrogen and oxygen atoms in total. The predicted molar refractivity (Wildman–Crippen MR) is 56.8 cm³/mol. The third-order valence-electron chi connectivity index (χ3n) is 2.33. The summed E-state index contributed by atoms with van der Waals surface area (Å²) in [6.45, 7) is 2.57. The molecule has 14 heavy (non-hydrogen) atoms. The summed E-state index contributed by atoms with van der Waals surface area (Å²) in [6, 6.07) is 0. The first kappa shape index (κ1) is 9.92. The minimum atomic E-state index is 0.263. The Morgan fingerprint density at radius 2 is 2.57 bits per heavy atom. The summed E-state index contributed by atoms with van der Waals surface area (Å²) >= 11 is 3.43. The highest BCUT2D eigenvalue weighted by molar-refractivity contribution is 9.09. The normalized spacial score (nSPS) is 22.7. The van der Waals surface area contributed by atoms with Gasteiger partial charge in [-0.25, -0.2) is 4.68 Å². The molecule has 1 aromatic heterocycles. The number of ether oxygens (including phenoxy) is 1. The summed E-state index contributed by atoms with van der Waals surface area (Å²) in [7, 11) is 1.90. The average molecular weight is 261 g/mol. The van der Waals surface area contributed by atoms with Crippen molar-refractivity contribution in [3.8, 4) is 0 Å². The van der Waals surface area contributed by atoms with E-state index in [4.69, 9.17) is 4.74 Å². The van der Waals surface area contributed by atoms with E-state index in [1.807, 2.05) is 7.05 Å². The number of rotatable bonds is 2. The highest BCUT2D eigenvalue weighted by Crippen LogP contribution is 2.15. The molecule has 1 aliphatic rings. The van der Waals surface area contributed by atoms with Crippen LogP contribution in [-0.4, -0.2) is 46.1 Å². The van der Waals surface area contributed by atoms with Crippen LogP contribution in [-0.2, 0) is 11.8 Å². The molecular weight excluding hydrogens is 248 g/mol. The van der Waals surface area contributed by atoms with Crippen molar-refractivity contribution in [1.29, 1.82) is 0 Å². The molecule has 2 rings (SSSR count). The zero-order valence-corrected chi connectivity index (χ0v) is 9.64. The number of aryl methyl sites for hydroxylation is 1. The van der Waals surface area contributed by atoms with Crippen molar-refractivity contribution in [2.45, 2.75) is 6.10 Å². The van der Waals surface area contributed by atoms with Crippen molar-refractivity contribution in [3.05, 3.63) is 6.20 Å². The monoisotopic (exact) mass is 260 g/mol. The molecule has 78 valence electrons. The molecule has 0 radical (unpaired) electrons. The van der Waals surface area contributed by atoms with E-state index < -0.39 is 0 Å². The Bertz CT molecular complexity index is 303. The van der Waals surface area contributed by atoms with Gasteiger partial charge in [0.05, 0.1) is 18.9 Å². The number of aromatic nitrogens is 3. The second-order valence-electron chi connectivity index (χ2n) is 3.31. The van der Waals surface area contributed by atoms with Gasteiger partial charge in [-0.3, -0.25) is 0 Å². The van der Waals surface area contributed by atoms with Crippen LogP contribution in [0.25, 0.3) is 0 Å². The quantitative estimate of drug-likeness (QED) is 0.723. The summed E-state index contributed by atoms with van der Waals surface area (Å²) in [4.78, 5) is 2.25. The lowest BCUT2D eigenvalue weighted by Crippen LogP contribution is -2.44. The molecule has 0 aliphatic carbocycles. The van der Waals surface area contributed by atoms with Gasteiger partial charge in [0.25, 0.3) is 0 Å². The van der Waals surface area contributed by atoms with Crippen molar-refractivity contribution in [1.82, 2.24) is 15.0 Å². The van der Waals surface area contributed by atoms with E-state index in [1.54, 1.807) is 10.9 Å². The van der Waals surface area contributed by atoms with E-state index in [0.29, 0.717) is 0 Å². The summed E-state index contributed by atoms with van der Waals surface area (Å²) in [5.74, 6) is 1.05. The van der Waals surface area contributed by atoms with Crippen LogP contribution >= 0.6 is 15.9 Å². The maximum Gasteiger partial charge on any atom is 0.147 e. The Hall–Kier alpha value is -0.620. The number of nitrogens with zero attached hydrogens (tertiary/aromatic N) is 4. The van der Waals surface area contributed by atoms with Crippen molar-refractivity contribution in [3.63, 3.8) is 0 Å². The Morgan fingerprint density at radius 1 is 1.71 bits per heavy atom. The van der Waals surface area contributed by atoms with Crippen LogP contribution in [0.1, 0.15) is 0 Å². The molecule has 0 saturated carbocycles. The Balaban J connectivity index is 2.08. The molecule has 1 unspecified atom stereocenters. The van der Waals surface area contributed by atoms with E-state index in [-0.39, 0.29) is 6.10 Å². The molecule has 0 spiro atoms. The second-order valence-corrected chi connectivity index (χ2v) is 3.96. The standard InChI is InChI=1S/C8H13BrN4O/c1-12-8(5-10-11-12)13-2-3-14-7(4-9)6-13/h5,7H,2-4,6H2,1H3. The Morgan fingerprint density at radius 3 is 3.21 bits per heavy atom. The van der Waals surface area contributed by atoms with Gasteiger partial charge in [0.15, 0.2) is 0 Å². The topological polar surface area (TPSA) is 43.2 Å². The first-order valence-electron chi connectivity index (χ1n) is 4.58. The molecule has 1 fully saturated rings. The minimum Gasteiger partial charge on any atom is -0.374 e. The lowest BCUT2D eigenvalue weighted by Gasteiger charge is -2.32. The van der Waals surface area contributed by atoms with E-state index >= 15 is 0 Å². The van der Waals surface area contributed by atoms with Gasteiger partial charge in [0.2, 0.25) is 0 Å². The van der Waals surface area contributed by atoms with Gasteiger partial charge in [0, 0.05) is 25.5 Å². The molecule has 0 aromatic carbocycles. The molecule has 0 amide bonds. The van der Waals surface area contributed by atoms with Crippen LogP contribution in [0.4, 0.5) is 5.82 Å². The van der Waals surface area contributed by atoms with E-state index in [1.165, 1.54) is 0 Å². The molecule has 1 aliphatic heterocycles. The van der Waals surface area contributed by atoms with Crippen LogP contribution in [0, 0.1) is 0 Å². The van der Waals surface area contributed by atoms with E-state index in [9.17, 15) is 0 Å². The van der Waals surface area contributed by atoms with Gasteiger partial charge in [-0.05, 0) is 0 Å². The van der Waals surface area contributed by atoms with Gasteiger partial charge < -0.3 is 9.64 Å². The van der Waals surface area contributed by atoms with Crippen molar-refractivity contribution in [2.24, 2.45) is 7.05 Å². The van der Waals surface area contributed by atoms with Crippen molar-refractivity contribution < 1.29 is 4.74 Å². The summed E-state index contributed by atoms with van der Waals surface area (Å²) in [6.07, 6.45) is 2.05. The van der Waals surface area contributed by atoms with Gasteiger partial charge in [-0.2, -0.15) is 0 Å². The van der Waals surface area contributed by atoms with Crippen LogP contribution in [0.2, 0.25) is 0 Å². The molecule has 1 saturated heterocycles. The molecule has 6 heteroatoms. The summed E-state index contributed by atoms with van der Waals surface area (Å²) in [5.41, 5.74) is 0. The molecule has 2 heterocycles. The minimum absolute atomic E-state index is 0.263. The Labute approximate surface area is 91.2 Å². The highest BCUT2D eigenvalue weighted by atomic mass is 79.9. The molecule has 0 bridgehead atoms. The fourth-order valence-corrected chi connectivity index (χ4v) is 1.98. The fraction of sp³-hybridized carbons (Fsp3) is 0.750. The third kappa shape index (κ3) is 1.90. The number of halogens is 1. The summed E-state index contributed by atoms with van der Waals surface area (Å²) in [5, 5.41) is 8.65. The van der Waals surface area contributed by atoms with Crippen molar-refractivity contribution >= 4 is 21.7 Å². The van der Waals surface area contributed by atoms with Crippen LogP contribution in [0.5, 0.6) is 0 Å². The van der Waals surface area contributed by atoms with Crippen LogP contribution in [0.15, 0.2) is 6.20 Å².